The van der Waals surface area contributed by atoms with Gasteiger partial charge in [-0.1, -0.05) is 12.1 Å². The molecule has 0 aliphatic carbocycles. The van der Waals surface area contributed by atoms with E-state index in [0.717, 1.165) is 0 Å². The maximum atomic E-state index is 11.9. The Balaban J connectivity index is 2.81. The first-order valence-corrected chi connectivity index (χ1v) is 7.17. The minimum absolute atomic E-state index is 0.275. The van der Waals surface area contributed by atoms with E-state index >= 15 is 0 Å². The fourth-order valence-corrected chi connectivity index (χ4v) is 2.99. The lowest BCUT2D eigenvalue weighted by Crippen LogP contribution is -2.53. The van der Waals surface area contributed by atoms with Crippen LogP contribution in [-0.2, 0) is 15.8 Å². The monoisotopic (exact) mass is 278 g/mol. The first-order chi connectivity index (χ1) is 8.36. The van der Waals surface area contributed by atoms with E-state index in [2.05, 4.69) is 9.88 Å². The van der Waals surface area contributed by atoms with Crippen molar-refractivity contribution in [2.75, 3.05) is 13.2 Å². The van der Waals surface area contributed by atoms with Crippen molar-refractivity contribution in [3.05, 3.63) is 17.5 Å². The summed E-state index contributed by atoms with van der Waals surface area (Å²) in [7, 11) is -3.71. The summed E-state index contributed by atoms with van der Waals surface area (Å²) in [6.45, 7) is 2.39. The van der Waals surface area contributed by atoms with Crippen LogP contribution in [0.1, 0.15) is 24.8 Å². The molecule has 104 valence electrons. The molecule has 18 heavy (non-hydrogen) atoms. The smallest absolute Gasteiger partial charge is 0.218 e. The molecule has 0 saturated carbocycles. The molecule has 0 amide bonds. The fraction of sp³-hybridized carbons (Fsp3) is 0.700. The fourth-order valence-electron chi connectivity index (χ4n) is 1.46. The van der Waals surface area contributed by atoms with Crippen LogP contribution < -0.4 is 4.72 Å². The van der Waals surface area contributed by atoms with Gasteiger partial charge in [0.15, 0.2) is 0 Å². The second kappa shape index (κ2) is 5.79. The second-order valence-electron chi connectivity index (χ2n) is 4.24. The van der Waals surface area contributed by atoms with Crippen molar-refractivity contribution in [3.63, 3.8) is 0 Å². The molecule has 0 fully saturated rings. The van der Waals surface area contributed by atoms with Gasteiger partial charge in [0.1, 0.15) is 17.2 Å². The van der Waals surface area contributed by atoms with Crippen molar-refractivity contribution in [1.29, 1.82) is 0 Å². The van der Waals surface area contributed by atoms with Crippen LogP contribution >= 0.6 is 0 Å². The predicted octanol–water partition coefficient (Wildman–Crippen LogP) is -0.464. The Morgan fingerprint density at radius 2 is 2.06 bits per heavy atom. The third-order valence-corrected chi connectivity index (χ3v) is 4.09. The van der Waals surface area contributed by atoms with Crippen LogP contribution in [0, 0.1) is 6.92 Å². The average molecular weight is 278 g/mol. The zero-order valence-corrected chi connectivity index (χ0v) is 11.2. The summed E-state index contributed by atoms with van der Waals surface area (Å²) in [4.78, 5) is 0. The molecule has 0 radical (unpaired) electrons. The van der Waals surface area contributed by atoms with Gasteiger partial charge in [-0.2, -0.15) is 0 Å². The molecule has 0 saturated heterocycles. The van der Waals surface area contributed by atoms with Gasteiger partial charge in [-0.25, -0.2) is 13.1 Å². The normalized spacial score (nSPS) is 12.9. The van der Waals surface area contributed by atoms with Crippen LogP contribution in [0.3, 0.4) is 0 Å². The Bertz CT molecular complexity index is 470. The number of aryl methyl sites for hydroxylation is 1. The first kappa shape index (κ1) is 15.1. The van der Waals surface area contributed by atoms with Crippen molar-refractivity contribution < 1.29 is 23.2 Å². The molecule has 8 heteroatoms. The Hall–Kier alpha value is -0.960. The summed E-state index contributed by atoms with van der Waals surface area (Å²) in [6.07, 6.45) is 0.275. The van der Waals surface area contributed by atoms with Gasteiger partial charge in [0.05, 0.1) is 18.8 Å². The minimum Gasteiger partial charge on any atom is -0.394 e. The predicted molar refractivity (Wildman–Crippen MR) is 64.2 cm³/mol. The lowest BCUT2D eigenvalue weighted by atomic mass is 10.0. The van der Waals surface area contributed by atoms with Gasteiger partial charge in [0.25, 0.3) is 0 Å². The lowest BCUT2D eigenvalue weighted by molar-refractivity contribution is 0.105. The van der Waals surface area contributed by atoms with Crippen LogP contribution in [0.15, 0.2) is 10.6 Å². The quantitative estimate of drug-likeness (QED) is 0.622. The van der Waals surface area contributed by atoms with Gasteiger partial charge in [-0.3, -0.25) is 0 Å². The number of hydrogen-bond donors (Lipinski definition) is 3. The van der Waals surface area contributed by atoms with E-state index in [0.29, 0.717) is 5.76 Å². The number of aromatic nitrogens is 1. The van der Waals surface area contributed by atoms with Gasteiger partial charge in [0, 0.05) is 6.07 Å². The topological polar surface area (TPSA) is 113 Å². The molecular formula is C10H18N2O5S. The third-order valence-electron chi connectivity index (χ3n) is 2.67. The molecular weight excluding hydrogens is 260 g/mol. The highest BCUT2D eigenvalue weighted by atomic mass is 32.2. The van der Waals surface area contributed by atoms with Gasteiger partial charge in [-0.05, 0) is 13.3 Å². The summed E-state index contributed by atoms with van der Waals surface area (Å²) in [5.74, 6) is 0.165. The van der Waals surface area contributed by atoms with Crippen LogP contribution in [0.25, 0.3) is 0 Å². The van der Waals surface area contributed by atoms with E-state index in [-0.39, 0.29) is 17.9 Å². The number of aliphatic hydroxyl groups is 2. The van der Waals surface area contributed by atoms with Crippen LogP contribution in [0.2, 0.25) is 0 Å². The Kier molecular flexibility index (Phi) is 4.85. The molecule has 1 heterocycles. The van der Waals surface area contributed by atoms with E-state index in [9.17, 15) is 18.6 Å². The van der Waals surface area contributed by atoms with Gasteiger partial charge < -0.3 is 14.7 Å². The summed E-state index contributed by atoms with van der Waals surface area (Å²) >= 11 is 0. The molecule has 1 aromatic rings. The van der Waals surface area contributed by atoms with E-state index in [1.807, 2.05) is 0 Å². The number of hydrogen-bond acceptors (Lipinski definition) is 6. The van der Waals surface area contributed by atoms with Gasteiger partial charge in [-0.15, -0.1) is 0 Å². The molecule has 0 aromatic carbocycles. The zero-order chi connectivity index (χ0) is 13.8. The number of sulfonamides is 1. The van der Waals surface area contributed by atoms with Crippen LogP contribution in [-0.4, -0.2) is 42.5 Å². The Morgan fingerprint density at radius 1 is 1.44 bits per heavy atom. The maximum Gasteiger partial charge on any atom is 0.218 e. The van der Waals surface area contributed by atoms with E-state index < -0.39 is 28.8 Å². The molecule has 3 N–H and O–H groups in total. The molecule has 0 spiro atoms. The van der Waals surface area contributed by atoms with Gasteiger partial charge in [0.2, 0.25) is 10.0 Å². The molecule has 0 aliphatic heterocycles. The second-order valence-corrected chi connectivity index (χ2v) is 5.96. The molecule has 1 rings (SSSR count). The summed E-state index contributed by atoms with van der Waals surface area (Å²) in [6, 6.07) is 1.52. The zero-order valence-electron chi connectivity index (χ0n) is 10.4. The average Bonchev–Trinajstić information content (AvgIpc) is 2.71. The first-order valence-electron chi connectivity index (χ1n) is 5.52. The standard InChI is InChI=1S/C10H18N2O5S/c1-3-10(6-13,7-14)12-18(15,16)5-9-4-8(2)17-11-9/h4,12-14H,3,5-7H2,1-2H3. The van der Waals surface area contributed by atoms with Crippen LogP contribution in [0.5, 0.6) is 0 Å². The van der Waals surface area contributed by atoms with E-state index in [4.69, 9.17) is 4.52 Å². The number of rotatable bonds is 7. The molecule has 7 nitrogen and oxygen atoms in total. The van der Waals surface area contributed by atoms with Gasteiger partial charge >= 0.3 is 0 Å². The largest absolute Gasteiger partial charge is 0.394 e. The number of aliphatic hydroxyl groups excluding tert-OH is 2. The van der Waals surface area contributed by atoms with Crippen molar-refractivity contribution >= 4 is 10.0 Å². The molecule has 1 aromatic heterocycles. The van der Waals surface area contributed by atoms with Crippen molar-refractivity contribution in [3.8, 4) is 0 Å². The number of nitrogens with zero attached hydrogens (tertiary/aromatic N) is 1. The summed E-state index contributed by atoms with van der Waals surface area (Å²) < 4.78 is 30.9. The lowest BCUT2D eigenvalue weighted by Gasteiger charge is -2.28. The van der Waals surface area contributed by atoms with E-state index in [1.165, 1.54) is 6.07 Å². The third kappa shape index (κ3) is 3.77. The molecule has 0 unspecified atom stereocenters. The van der Waals surface area contributed by atoms with Crippen molar-refractivity contribution in [2.24, 2.45) is 0 Å². The van der Waals surface area contributed by atoms with E-state index in [1.54, 1.807) is 13.8 Å². The highest BCUT2D eigenvalue weighted by molar-refractivity contribution is 7.88. The minimum atomic E-state index is -3.71. The molecule has 0 atom stereocenters. The van der Waals surface area contributed by atoms with Crippen LogP contribution in [0.4, 0.5) is 0 Å². The molecule has 0 bridgehead atoms. The summed E-state index contributed by atoms with van der Waals surface area (Å²) in [5, 5.41) is 22.0. The Labute approximate surface area is 106 Å². The van der Waals surface area contributed by atoms with Crippen molar-refractivity contribution in [1.82, 2.24) is 9.88 Å². The summed E-state index contributed by atoms with van der Waals surface area (Å²) in [5.41, 5.74) is -0.960. The highest BCUT2D eigenvalue weighted by Crippen LogP contribution is 2.13. The highest BCUT2D eigenvalue weighted by Gasteiger charge is 2.32. The van der Waals surface area contributed by atoms with Crippen molar-refractivity contribution in [2.45, 2.75) is 31.6 Å². The SMILES string of the molecule is CCC(CO)(CO)NS(=O)(=O)Cc1cc(C)on1. The Morgan fingerprint density at radius 3 is 2.44 bits per heavy atom. The number of nitrogens with one attached hydrogen (secondary N) is 1. The molecule has 0 aliphatic rings. The maximum absolute atomic E-state index is 11.9.